The SMILES string of the molecule is COC(=O)c1ccc(CNC(=O)c2nnc(Cl)s2)cc1. The summed E-state index contributed by atoms with van der Waals surface area (Å²) in [5, 5.41) is 10.1. The molecule has 1 aromatic carbocycles. The van der Waals surface area contributed by atoms with Gasteiger partial charge in [-0.2, -0.15) is 0 Å². The number of nitrogens with zero attached hydrogens (tertiary/aromatic N) is 2. The molecule has 1 amide bonds. The summed E-state index contributed by atoms with van der Waals surface area (Å²) in [6.07, 6.45) is 0. The van der Waals surface area contributed by atoms with Crippen molar-refractivity contribution >= 4 is 34.8 Å². The normalized spacial score (nSPS) is 10.1. The summed E-state index contributed by atoms with van der Waals surface area (Å²) < 4.78 is 4.82. The number of hydrogen-bond acceptors (Lipinski definition) is 6. The number of rotatable bonds is 4. The van der Waals surface area contributed by atoms with E-state index in [9.17, 15) is 9.59 Å². The van der Waals surface area contributed by atoms with Gasteiger partial charge in [-0.1, -0.05) is 23.5 Å². The molecular formula is C12H10ClN3O3S. The number of methoxy groups -OCH3 is 1. The van der Waals surface area contributed by atoms with E-state index in [1.54, 1.807) is 24.3 Å². The number of amides is 1. The van der Waals surface area contributed by atoms with Gasteiger partial charge in [0.15, 0.2) is 0 Å². The molecule has 6 nitrogen and oxygen atoms in total. The number of carbonyl (C=O) groups excluding carboxylic acids is 2. The van der Waals surface area contributed by atoms with E-state index in [2.05, 4.69) is 20.3 Å². The average molecular weight is 312 g/mol. The summed E-state index contributed by atoms with van der Waals surface area (Å²) in [7, 11) is 1.32. The second kappa shape index (κ2) is 6.44. The molecule has 104 valence electrons. The fourth-order valence-corrected chi connectivity index (χ4v) is 2.18. The zero-order valence-electron chi connectivity index (χ0n) is 10.4. The van der Waals surface area contributed by atoms with Gasteiger partial charge in [0, 0.05) is 6.54 Å². The summed E-state index contributed by atoms with van der Waals surface area (Å²) >= 11 is 6.61. The molecular weight excluding hydrogens is 302 g/mol. The highest BCUT2D eigenvalue weighted by Gasteiger charge is 2.11. The molecule has 0 spiro atoms. The molecule has 2 aromatic rings. The number of halogens is 1. The average Bonchev–Trinajstić information content (AvgIpc) is 2.91. The molecule has 0 unspecified atom stereocenters. The maximum absolute atomic E-state index is 11.7. The predicted molar refractivity (Wildman–Crippen MR) is 73.9 cm³/mol. The molecule has 0 bridgehead atoms. The van der Waals surface area contributed by atoms with Crippen LogP contribution in [0.25, 0.3) is 0 Å². The minimum atomic E-state index is -0.399. The van der Waals surface area contributed by atoms with Crippen LogP contribution in [-0.2, 0) is 11.3 Å². The van der Waals surface area contributed by atoms with Gasteiger partial charge in [-0.15, -0.1) is 10.2 Å². The zero-order chi connectivity index (χ0) is 14.5. The van der Waals surface area contributed by atoms with E-state index in [-0.39, 0.29) is 15.4 Å². The molecule has 0 atom stereocenters. The first-order valence-corrected chi connectivity index (χ1v) is 6.74. The molecule has 8 heteroatoms. The van der Waals surface area contributed by atoms with Gasteiger partial charge in [-0.05, 0) is 29.3 Å². The van der Waals surface area contributed by atoms with Gasteiger partial charge in [0.05, 0.1) is 12.7 Å². The molecule has 0 fully saturated rings. The fraction of sp³-hybridized carbons (Fsp3) is 0.167. The molecule has 0 radical (unpaired) electrons. The van der Waals surface area contributed by atoms with Gasteiger partial charge < -0.3 is 10.1 Å². The van der Waals surface area contributed by atoms with Crippen molar-refractivity contribution in [2.75, 3.05) is 7.11 Å². The van der Waals surface area contributed by atoms with Crippen molar-refractivity contribution in [3.05, 3.63) is 44.9 Å². The molecule has 1 aromatic heterocycles. The molecule has 2 rings (SSSR count). The highest BCUT2D eigenvalue weighted by molar-refractivity contribution is 7.17. The van der Waals surface area contributed by atoms with Crippen LogP contribution in [0, 0.1) is 0 Å². The van der Waals surface area contributed by atoms with Crippen LogP contribution >= 0.6 is 22.9 Å². The monoisotopic (exact) mass is 311 g/mol. The summed E-state index contributed by atoms with van der Waals surface area (Å²) in [5.41, 5.74) is 1.31. The number of esters is 1. The first kappa shape index (κ1) is 14.4. The number of hydrogen-bond donors (Lipinski definition) is 1. The molecule has 1 heterocycles. The molecule has 0 saturated heterocycles. The van der Waals surface area contributed by atoms with Crippen molar-refractivity contribution in [2.24, 2.45) is 0 Å². The third-order valence-electron chi connectivity index (χ3n) is 2.42. The minimum absolute atomic E-state index is 0.209. The first-order chi connectivity index (χ1) is 9.60. The smallest absolute Gasteiger partial charge is 0.337 e. The zero-order valence-corrected chi connectivity index (χ0v) is 12.0. The maximum Gasteiger partial charge on any atom is 0.337 e. The predicted octanol–water partition coefficient (Wildman–Crippen LogP) is 1.91. The number of nitrogens with one attached hydrogen (secondary N) is 1. The summed E-state index contributed by atoms with van der Waals surface area (Å²) in [6.45, 7) is 0.317. The van der Waals surface area contributed by atoms with Crippen LogP contribution in [0.5, 0.6) is 0 Å². The fourth-order valence-electron chi connectivity index (χ4n) is 1.43. The van der Waals surface area contributed by atoms with Gasteiger partial charge in [0.1, 0.15) is 0 Å². The van der Waals surface area contributed by atoms with Crippen molar-refractivity contribution in [2.45, 2.75) is 6.54 Å². The van der Waals surface area contributed by atoms with Gasteiger partial charge >= 0.3 is 5.97 Å². The Morgan fingerprint density at radius 1 is 1.30 bits per heavy atom. The van der Waals surface area contributed by atoms with Crippen LogP contribution < -0.4 is 5.32 Å². The van der Waals surface area contributed by atoms with Gasteiger partial charge in [-0.3, -0.25) is 4.79 Å². The molecule has 0 aliphatic carbocycles. The Morgan fingerprint density at radius 3 is 2.55 bits per heavy atom. The molecule has 20 heavy (non-hydrogen) atoms. The molecule has 0 aliphatic heterocycles. The Kier molecular flexibility index (Phi) is 4.65. The van der Waals surface area contributed by atoms with E-state index in [1.165, 1.54) is 7.11 Å². The Bertz CT molecular complexity index is 627. The number of aromatic nitrogens is 2. The van der Waals surface area contributed by atoms with Crippen molar-refractivity contribution in [3.63, 3.8) is 0 Å². The van der Waals surface area contributed by atoms with Gasteiger partial charge in [0.25, 0.3) is 5.91 Å². The Balaban J connectivity index is 1.94. The van der Waals surface area contributed by atoms with Crippen molar-refractivity contribution in [1.29, 1.82) is 0 Å². The van der Waals surface area contributed by atoms with Crippen LogP contribution in [0.3, 0.4) is 0 Å². The van der Waals surface area contributed by atoms with Crippen molar-refractivity contribution in [1.82, 2.24) is 15.5 Å². The minimum Gasteiger partial charge on any atom is -0.465 e. The standard InChI is InChI=1S/C12H10ClN3O3S/c1-19-11(18)8-4-2-7(3-5-8)6-14-9(17)10-15-16-12(13)20-10/h2-5H,6H2,1H3,(H,14,17). The van der Waals surface area contributed by atoms with Crippen molar-refractivity contribution < 1.29 is 14.3 Å². The summed E-state index contributed by atoms with van der Waals surface area (Å²) in [6, 6.07) is 6.74. The Labute approximate surface area is 123 Å². The molecule has 0 saturated carbocycles. The highest BCUT2D eigenvalue weighted by Crippen LogP contribution is 2.14. The summed E-state index contributed by atoms with van der Waals surface area (Å²) in [5.74, 6) is -0.740. The third kappa shape index (κ3) is 3.52. The lowest BCUT2D eigenvalue weighted by molar-refractivity contribution is 0.0600. The summed E-state index contributed by atoms with van der Waals surface area (Å²) in [4.78, 5) is 23.0. The van der Waals surface area contributed by atoms with E-state index in [0.29, 0.717) is 12.1 Å². The van der Waals surface area contributed by atoms with Crippen LogP contribution in [0.2, 0.25) is 4.47 Å². The second-order valence-electron chi connectivity index (χ2n) is 3.73. The van der Waals surface area contributed by atoms with Crippen molar-refractivity contribution in [3.8, 4) is 0 Å². The maximum atomic E-state index is 11.7. The number of benzene rings is 1. The van der Waals surface area contributed by atoms with Crippen LogP contribution in [0.4, 0.5) is 0 Å². The van der Waals surface area contributed by atoms with Crippen LogP contribution in [-0.4, -0.2) is 29.2 Å². The Hall–Kier alpha value is -1.99. The lowest BCUT2D eigenvalue weighted by Gasteiger charge is -2.04. The van der Waals surface area contributed by atoms with E-state index in [4.69, 9.17) is 11.6 Å². The second-order valence-corrected chi connectivity index (χ2v) is 5.29. The molecule has 1 N–H and O–H groups in total. The first-order valence-electron chi connectivity index (χ1n) is 5.54. The van der Waals surface area contributed by atoms with E-state index < -0.39 is 5.97 Å². The lowest BCUT2D eigenvalue weighted by Crippen LogP contribution is -2.22. The lowest BCUT2D eigenvalue weighted by atomic mass is 10.1. The number of carbonyl (C=O) groups is 2. The topological polar surface area (TPSA) is 81.2 Å². The van der Waals surface area contributed by atoms with Gasteiger partial charge in [-0.25, -0.2) is 4.79 Å². The van der Waals surface area contributed by atoms with E-state index in [0.717, 1.165) is 16.9 Å². The van der Waals surface area contributed by atoms with Gasteiger partial charge in [0.2, 0.25) is 9.47 Å². The van der Waals surface area contributed by atoms with Crippen LogP contribution in [0.15, 0.2) is 24.3 Å². The Morgan fingerprint density at radius 2 is 2.00 bits per heavy atom. The van der Waals surface area contributed by atoms with Crippen LogP contribution in [0.1, 0.15) is 25.7 Å². The number of ether oxygens (including phenoxy) is 1. The van der Waals surface area contributed by atoms with E-state index in [1.807, 2.05) is 0 Å². The molecule has 0 aliphatic rings. The highest BCUT2D eigenvalue weighted by atomic mass is 35.5. The quantitative estimate of drug-likeness (QED) is 0.872. The third-order valence-corrected chi connectivity index (χ3v) is 3.44. The van der Waals surface area contributed by atoms with E-state index >= 15 is 0 Å². The largest absolute Gasteiger partial charge is 0.465 e.